The molecule has 7 nitrogen and oxygen atoms in total. The minimum atomic E-state index is -3.13. The molecule has 0 heterocycles. The molecule has 0 bridgehead atoms. The molecule has 0 spiro atoms. The molecule has 20 heavy (non-hydrogen) atoms. The van der Waals surface area contributed by atoms with E-state index < -0.39 is 10.0 Å². The molecule has 8 heteroatoms. The van der Waals surface area contributed by atoms with Gasteiger partial charge in [-0.25, -0.2) is 13.1 Å². The summed E-state index contributed by atoms with van der Waals surface area (Å²) in [5.41, 5.74) is 0. The summed E-state index contributed by atoms with van der Waals surface area (Å²) in [5, 5.41) is 3.25. The van der Waals surface area contributed by atoms with Crippen molar-refractivity contribution in [1.82, 2.24) is 10.0 Å². The minimum Gasteiger partial charge on any atom is -0.378 e. The lowest BCUT2D eigenvalue weighted by Gasteiger charge is -2.09. The van der Waals surface area contributed by atoms with Gasteiger partial charge in [0.2, 0.25) is 10.0 Å². The molecule has 0 fully saturated rings. The third-order valence-corrected chi connectivity index (χ3v) is 2.88. The molecule has 0 aromatic heterocycles. The molecule has 122 valence electrons. The van der Waals surface area contributed by atoms with Crippen LogP contribution in [0.15, 0.2) is 0 Å². The van der Waals surface area contributed by atoms with Gasteiger partial charge in [0.05, 0.1) is 45.9 Å². The van der Waals surface area contributed by atoms with Gasteiger partial charge in [-0.15, -0.1) is 0 Å². The van der Waals surface area contributed by atoms with Crippen molar-refractivity contribution < 1.29 is 22.6 Å². The standard InChI is InChI=1S/C12H28N2O5S/c1-12(2)13-4-6-17-8-10-19-11-9-18-7-5-14-20(3,15)16/h12-14H,4-11H2,1-3H3. The van der Waals surface area contributed by atoms with Gasteiger partial charge >= 0.3 is 0 Å². The van der Waals surface area contributed by atoms with Gasteiger partial charge in [-0.05, 0) is 0 Å². The fourth-order valence-electron chi connectivity index (χ4n) is 1.26. The molecule has 0 rings (SSSR count). The molecule has 0 aliphatic rings. The molecule has 0 radical (unpaired) electrons. The van der Waals surface area contributed by atoms with Crippen molar-refractivity contribution in [2.75, 3.05) is 59.0 Å². The van der Waals surface area contributed by atoms with Gasteiger partial charge < -0.3 is 19.5 Å². The molecule has 0 aliphatic heterocycles. The number of nitrogens with one attached hydrogen (secondary N) is 2. The molecule has 0 saturated carbocycles. The largest absolute Gasteiger partial charge is 0.378 e. The van der Waals surface area contributed by atoms with E-state index in [0.717, 1.165) is 12.8 Å². The van der Waals surface area contributed by atoms with E-state index in [4.69, 9.17) is 14.2 Å². The van der Waals surface area contributed by atoms with Gasteiger partial charge in [0.15, 0.2) is 0 Å². The fraction of sp³-hybridized carbons (Fsp3) is 1.00. The first kappa shape index (κ1) is 19.8. The van der Waals surface area contributed by atoms with Crippen LogP contribution in [-0.2, 0) is 24.2 Å². The number of sulfonamides is 1. The Morgan fingerprint density at radius 3 is 1.75 bits per heavy atom. The van der Waals surface area contributed by atoms with E-state index in [-0.39, 0.29) is 6.54 Å². The Morgan fingerprint density at radius 1 is 0.850 bits per heavy atom. The highest BCUT2D eigenvalue weighted by Gasteiger charge is 1.98. The second-order valence-electron chi connectivity index (χ2n) is 4.61. The molecule has 0 aromatic carbocycles. The molecule has 0 aromatic rings. The summed E-state index contributed by atoms with van der Waals surface area (Å²) in [7, 11) is -3.13. The van der Waals surface area contributed by atoms with Gasteiger partial charge in [-0.3, -0.25) is 0 Å². The lowest BCUT2D eigenvalue weighted by atomic mass is 10.4. The summed E-state index contributed by atoms with van der Waals surface area (Å²) in [6.07, 6.45) is 1.12. The summed E-state index contributed by atoms with van der Waals surface area (Å²) < 4.78 is 39.7. The van der Waals surface area contributed by atoms with E-state index in [2.05, 4.69) is 23.9 Å². The van der Waals surface area contributed by atoms with E-state index in [9.17, 15) is 8.42 Å². The van der Waals surface area contributed by atoms with Crippen LogP contribution in [0.25, 0.3) is 0 Å². The molecule has 2 N–H and O–H groups in total. The van der Waals surface area contributed by atoms with Gasteiger partial charge in [0, 0.05) is 19.1 Å². The zero-order valence-electron chi connectivity index (χ0n) is 12.7. The van der Waals surface area contributed by atoms with Crippen LogP contribution in [0.5, 0.6) is 0 Å². The average Bonchev–Trinajstić information content (AvgIpc) is 2.33. The van der Waals surface area contributed by atoms with Crippen LogP contribution < -0.4 is 10.0 Å². The van der Waals surface area contributed by atoms with Crippen LogP contribution in [0.1, 0.15) is 13.8 Å². The first-order valence-corrected chi connectivity index (χ1v) is 8.72. The first-order chi connectivity index (χ1) is 9.42. The lowest BCUT2D eigenvalue weighted by Crippen LogP contribution is -2.27. The summed E-state index contributed by atoms with van der Waals surface area (Å²) in [5.74, 6) is 0. The van der Waals surface area contributed by atoms with Crippen molar-refractivity contribution in [2.45, 2.75) is 19.9 Å². The zero-order chi connectivity index (χ0) is 15.3. The fourth-order valence-corrected chi connectivity index (χ4v) is 1.72. The molecule has 0 aliphatic carbocycles. The van der Waals surface area contributed by atoms with E-state index in [1.54, 1.807) is 0 Å². The Labute approximate surface area is 122 Å². The van der Waals surface area contributed by atoms with Crippen molar-refractivity contribution in [1.29, 1.82) is 0 Å². The van der Waals surface area contributed by atoms with Crippen LogP contribution in [-0.4, -0.2) is 73.4 Å². The molecular formula is C12H28N2O5S. The summed E-state index contributed by atoms with van der Waals surface area (Å²) in [6.45, 7) is 8.35. The third kappa shape index (κ3) is 17.8. The highest BCUT2D eigenvalue weighted by Crippen LogP contribution is 1.82. The monoisotopic (exact) mass is 312 g/mol. The smallest absolute Gasteiger partial charge is 0.208 e. The molecule has 0 unspecified atom stereocenters. The Morgan fingerprint density at radius 2 is 1.30 bits per heavy atom. The molecule has 0 saturated heterocycles. The zero-order valence-corrected chi connectivity index (χ0v) is 13.5. The van der Waals surface area contributed by atoms with Gasteiger partial charge in [0.25, 0.3) is 0 Å². The first-order valence-electron chi connectivity index (χ1n) is 6.83. The second-order valence-corrected chi connectivity index (χ2v) is 6.45. The molecular weight excluding hydrogens is 284 g/mol. The van der Waals surface area contributed by atoms with E-state index in [0.29, 0.717) is 45.7 Å². The predicted octanol–water partition coefficient (Wildman–Crippen LogP) is -0.417. The van der Waals surface area contributed by atoms with E-state index in [1.165, 1.54) is 0 Å². The number of hydrogen-bond donors (Lipinski definition) is 2. The normalized spacial score (nSPS) is 12.2. The van der Waals surface area contributed by atoms with Crippen molar-refractivity contribution in [3.05, 3.63) is 0 Å². The summed E-state index contributed by atoms with van der Waals surface area (Å²) >= 11 is 0. The third-order valence-electron chi connectivity index (χ3n) is 2.15. The Kier molecular flexibility index (Phi) is 12.3. The quantitative estimate of drug-likeness (QED) is 0.424. The second kappa shape index (κ2) is 12.5. The number of rotatable bonds is 14. The van der Waals surface area contributed by atoms with Crippen LogP contribution in [0.3, 0.4) is 0 Å². The molecule has 0 amide bonds. The Balaban J connectivity index is 3.06. The van der Waals surface area contributed by atoms with E-state index >= 15 is 0 Å². The maximum Gasteiger partial charge on any atom is 0.208 e. The van der Waals surface area contributed by atoms with Crippen molar-refractivity contribution in [3.8, 4) is 0 Å². The van der Waals surface area contributed by atoms with E-state index in [1.807, 2.05) is 0 Å². The number of hydrogen-bond acceptors (Lipinski definition) is 6. The Bertz CT molecular complexity index is 309. The molecule has 0 atom stereocenters. The van der Waals surface area contributed by atoms with Gasteiger partial charge in [-0.1, -0.05) is 13.8 Å². The van der Waals surface area contributed by atoms with Crippen molar-refractivity contribution in [3.63, 3.8) is 0 Å². The van der Waals surface area contributed by atoms with Crippen molar-refractivity contribution in [2.24, 2.45) is 0 Å². The van der Waals surface area contributed by atoms with Crippen LogP contribution in [0.4, 0.5) is 0 Å². The maximum atomic E-state index is 10.7. The summed E-state index contributed by atoms with van der Waals surface area (Å²) in [4.78, 5) is 0. The summed E-state index contributed by atoms with van der Waals surface area (Å²) in [6, 6.07) is 0.476. The highest BCUT2D eigenvalue weighted by molar-refractivity contribution is 7.88. The topological polar surface area (TPSA) is 85.9 Å². The van der Waals surface area contributed by atoms with Crippen molar-refractivity contribution >= 4 is 10.0 Å². The lowest BCUT2D eigenvalue weighted by molar-refractivity contribution is 0.0160. The Hall–Kier alpha value is -0.250. The predicted molar refractivity (Wildman–Crippen MR) is 78.4 cm³/mol. The van der Waals surface area contributed by atoms with Gasteiger partial charge in [-0.2, -0.15) is 0 Å². The van der Waals surface area contributed by atoms with Crippen LogP contribution >= 0.6 is 0 Å². The minimum absolute atomic E-state index is 0.283. The number of ether oxygens (including phenoxy) is 3. The van der Waals surface area contributed by atoms with Gasteiger partial charge in [0.1, 0.15) is 0 Å². The highest BCUT2D eigenvalue weighted by atomic mass is 32.2. The maximum absolute atomic E-state index is 10.7. The van der Waals surface area contributed by atoms with Crippen LogP contribution in [0, 0.1) is 0 Å². The van der Waals surface area contributed by atoms with Crippen LogP contribution in [0.2, 0.25) is 0 Å². The average molecular weight is 312 g/mol. The SMILES string of the molecule is CC(C)NCCOCCOCCOCCNS(C)(=O)=O.